The molecule has 0 N–H and O–H groups in total. The predicted octanol–water partition coefficient (Wildman–Crippen LogP) is 1.99. The Balaban J connectivity index is 2.69. The Morgan fingerprint density at radius 3 is 2.77 bits per heavy atom. The maximum absolute atomic E-state index is 10.2. The van der Waals surface area contributed by atoms with Crippen LogP contribution in [0.2, 0.25) is 0 Å². The van der Waals surface area contributed by atoms with Gasteiger partial charge in [0.05, 0.1) is 10.2 Å². The molecule has 1 aromatic carbocycles. The third-order valence-electron chi connectivity index (χ3n) is 1.44. The number of hydrogen-bond acceptors (Lipinski definition) is 5. The molecule has 2 aromatic rings. The number of aromatic nitrogens is 1. The highest BCUT2D eigenvalue weighted by Gasteiger charge is 2.00. The van der Waals surface area contributed by atoms with Gasteiger partial charge in [0, 0.05) is 0 Å². The second-order valence-corrected chi connectivity index (χ2v) is 3.90. The second-order valence-electron chi connectivity index (χ2n) is 2.27. The number of benzene rings is 1. The minimum absolute atomic E-state index is 0.273. The fraction of sp³-hybridized carbons (Fsp3) is 0. The molecule has 66 valence electrons. The van der Waals surface area contributed by atoms with Crippen LogP contribution in [0.1, 0.15) is 0 Å². The fourth-order valence-corrected chi connectivity index (χ4v) is 2.17. The summed E-state index contributed by atoms with van der Waals surface area (Å²) < 4.78 is 24.7. The second kappa shape index (κ2) is 3.23. The lowest BCUT2D eigenvalue weighted by molar-refractivity contribution is 0.622. The molecule has 0 radical (unpaired) electrons. The van der Waals surface area contributed by atoms with Crippen molar-refractivity contribution in [2.24, 2.45) is 4.36 Å². The Labute approximate surface area is 79.6 Å². The van der Waals surface area contributed by atoms with Crippen LogP contribution in [-0.4, -0.2) is 13.4 Å². The predicted molar refractivity (Wildman–Crippen MR) is 50.6 cm³/mol. The quantitative estimate of drug-likeness (QED) is 0.726. The van der Waals surface area contributed by atoms with Gasteiger partial charge in [-0.3, -0.25) is 0 Å². The Morgan fingerprint density at radius 2 is 2.08 bits per heavy atom. The van der Waals surface area contributed by atoms with Gasteiger partial charge in [0.1, 0.15) is 0 Å². The lowest BCUT2D eigenvalue weighted by atomic mass is 10.3. The summed E-state index contributed by atoms with van der Waals surface area (Å²) in [5.41, 5.74) is 0.775. The van der Waals surface area contributed by atoms with Crippen LogP contribution in [0.25, 0.3) is 10.2 Å². The van der Waals surface area contributed by atoms with Crippen molar-refractivity contribution in [3.63, 3.8) is 0 Å². The fourth-order valence-electron chi connectivity index (χ4n) is 0.963. The summed E-state index contributed by atoms with van der Waals surface area (Å²) >= 11 is 1.25. The van der Waals surface area contributed by atoms with E-state index in [0.717, 1.165) is 10.2 Å². The highest BCUT2D eigenvalue weighted by molar-refractivity contribution is 7.62. The molecule has 0 spiro atoms. The minimum Gasteiger partial charge on any atom is -0.217 e. The van der Waals surface area contributed by atoms with Crippen molar-refractivity contribution in [2.45, 2.75) is 0 Å². The van der Waals surface area contributed by atoms with Crippen LogP contribution in [0.15, 0.2) is 28.6 Å². The summed E-state index contributed by atoms with van der Waals surface area (Å²) in [5, 5.41) is 0.273. The molecule has 6 heteroatoms. The largest absolute Gasteiger partial charge is 0.318 e. The molecule has 1 aromatic heterocycles. The van der Waals surface area contributed by atoms with E-state index in [0.29, 0.717) is 0 Å². The van der Waals surface area contributed by atoms with Crippen molar-refractivity contribution in [3.8, 4) is 0 Å². The van der Waals surface area contributed by atoms with Gasteiger partial charge in [0.15, 0.2) is 0 Å². The Bertz CT molecular complexity index is 530. The summed E-state index contributed by atoms with van der Waals surface area (Å²) in [6, 6.07) is 7.41. The standard InChI is InChI=1S/C7H4N2O2S2/c10-13(11)9-7-8-5-3-1-2-4-6(5)12-7/h1-4H. The van der Waals surface area contributed by atoms with Crippen LogP contribution in [-0.2, 0) is 10.5 Å². The third-order valence-corrected chi connectivity index (χ3v) is 2.80. The lowest BCUT2D eigenvalue weighted by Crippen LogP contribution is -1.63. The molecule has 0 aliphatic heterocycles. The molecule has 0 aliphatic rings. The van der Waals surface area contributed by atoms with E-state index in [2.05, 4.69) is 9.35 Å². The zero-order valence-corrected chi connectivity index (χ0v) is 7.97. The molecule has 0 amide bonds. The molecule has 13 heavy (non-hydrogen) atoms. The molecule has 0 atom stereocenters. The van der Waals surface area contributed by atoms with E-state index >= 15 is 0 Å². The van der Waals surface area contributed by atoms with Crippen molar-refractivity contribution in [1.82, 2.24) is 4.98 Å². The topological polar surface area (TPSA) is 59.4 Å². The molecular formula is C7H4N2O2S2. The van der Waals surface area contributed by atoms with Crippen molar-refractivity contribution in [1.29, 1.82) is 0 Å². The third kappa shape index (κ3) is 1.73. The van der Waals surface area contributed by atoms with E-state index in [9.17, 15) is 8.42 Å². The maximum Gasteiger partial charge on any atom is 0.318 e. The van der Waals surface area contributed by atoms with Gasteiger partial charge >= 0.3 is 10.5 Å². The zero-order valence-electron chi connectivity index (χ0n) is 6.34. The first-order chi connectivity index (χ1) is 6.25. The normalized spacial score (nSPS) is 10.2. The van der Waals surface area contributed by atoms with Crippen LogP contribution >= 0.6 is 11.3 Å². The van der Waals surface area contributed by atoms with Gasteiger partial charge in [-0.05, 0) is 12.1 Å². The number of hydrogen-bond donors (Lipinski definition) is 0. The minimum atomic E-state index is -2.42. The molecule has 4 nitrogen and oxygen atoms in total. The molecule has 0 unspecified atom stereocenters. The Kier molecular flexibility index (Phi) is 2.07. The Hall–Kier alpha value is -1.27. The van der Waals surface area contributed by atoms with Crippen molar-refractivity contribution >= 4 is 37.2 Å². The highest BCUT2D eigenvalue weighted by atomic mass is 32.2. The summed E-state index contributed by atoms with van der Waals surface area (Å²) in [6.07, 6.45) is 0. The van der Waals surface area contributed by atoms with Gasteiger partial charge in [0.2, 0.25) is 5.13 Å². The van der Waals surface area contributed by atoms with Crippen LogP contribution in [0.5, 0.6) is 0 Å². The van der Waals surface area contributed by atoms with E-state index < -0.39 is 10.5 Å². The van der Waals surface area contributed by atoms with E-state index in [4.69, 9.17) is 0 Å². The molecule has 0 saturated heterocycles. The molecule has 2 rings (SSSR count). The van der Waals surface area contributed by atoms with E-state index in [1.165, 1.54) is 11.3 Å². The maximum atomic E-state index is 10.2. The molecule has 1 heterocycles. The Morgan fingerprint density at radius 1 is 1.31 bits per heavy atom. The lowest BCUT2D eigenvalue weighted by Gasteiger charge is -1.80. The molecule has 0 bridgehead atoms. The SMILES string of the molecule is O=S(=O)=Nc1nc2ccccc2s1. The van der Waals surface area contributed by atoms with Gasteiger partial charge in [-0.25, -0.2) is 4.98 Å². The summed E-state index contributed by atoms with van der Waals surface area (Å²) in [7, 11) is -2.42. The van der Waals surface area contributed by atoms with Crippen LogP contribution in [0.4, 0.5) is 5.13 Å². The van der Waals surface area contributed by atoms with Crippen LogP contribution in [0, 0.1) is 0 Å². The van der Waals surface area contributed by atoms with Gasteiger partial charge in [-0.1, -0.05) is 23.5 Å². The smallest absolute Gasteiger partial charge is 0.217 e. The van der Waals surface area contributed by atoms with E-state index in [1.54, 1.807) is 0 Å². The first kappa shape index (κ1) is 8.33. The van der Waals surface area contributed by atoms with Crippen LogP contribution in [0.3, 0.4) is 0 Å². The molecule has 0 fully saturated rings. The number of fused-ring (bicyclic) bond motifs is 1. The van der Waals surface area contributed by atoms with Gasteiger partial charge in [-0.2, -0.15) is 8.42 Å². The van der Waals surface area contributed by atoms with Gasteiger partial charge < -0.3 is 0 Å². The van der Waals surface area contributed by atoms with Crippen molar-refractivity contribution in [2.75, 3.05) is 0 Å². The van der Waals surface area contributed by atoms with E-state index in [-0.39, 0.29) is 5.13 Å². The van der Waals surface area contributed by atoms with Crippen molar-refractivity contribution < 1.29 is 8.42 Å². The number of rotatable bonds is 1. The average molecular weight is 212 g/mol. The first-order valence-corrected chi connectivity index (χ1v) is 5.27. The monoisotopic (exact) mass is 212 g/mol. The number of nitrogens with zero attached hydrogens (tertiary/aromatic N) is 2. The average Bonchev–Trinajstić information content (AvgIpc) is 2.44. The summed E-state index contributed by atoms with van der Waals surface area (Å²) in [4.78, 5) is 4.01. The zero-order chi connectivity index (χ0) is 9.26. The highest BCUT2D eigenvalue weighted by Crippen LogP contribution is 2.27. The first-order valence-electron chi connectivity index (χ1n) is 3.42. The number of thiazole rings is 1. The van der Waals surface area contributed by atoms with Gasteiger partial charge in [0.25, 0.3) is 0 Å². The molecule has 0 saturated carbocycles. The van der Waals surface area contributed by atoms with E-state index in [1.807, 2.05) is 24.3 Å². The molecule has 0 aliphatic carbocycles. The summed E-state index contributed by atoms with van der Waals surface area (Å²) in [5.74, 6) is 0. The number of para-hydroxylation sites is 1. The van der Waals surface area contributed by atoms with Gasteiger partial charge in [-0.15, -0.1) is 4.36 Å². The summed E-state index contributed by atoms with van der Waals surface area (Å²) in [6.45, 7) is 0. The van der Waals surface area contributed by atoms with Crippen molar-refractivity contribution in [3.05, 3.63) is 24.3 Å². The van der Waals surface area contributed by atoms with Crippen LogP contribution < -0.4 is 0 Å². The molecular weight excluding hydrogens is 208 g/mol.